The SMILES string of the molecule is C1=c2ccccc2=CC(c2nc(-c3ccc(-c4cccc5oc6ccccc6c45)cc3)nc(-c3ccc4ccccc4c3)n2)C1. The monoisotopic (exact) mass is 577 g/mol. The van der Waals surface area contributed by atoms with Crippen molar-refractivity contribution in [2.45, 2.75) is 12.3 Å². The van der Waals surface area contributed by atoms with Crippen LogP contribution < -0.4 is 10.4 Å². The maximum Gasteiger partial charge on any atom is 0.163 e. The smallest absolute Gasteiger partial charge is 0.163 e. The van der Waals surface area contributed by atoms with E-state index in [4.69, 9.17) is 19.4 Å². The molecular formula is C41H27N3O. The van der Waals surface area contributed by atoms with Gasteiger partial charge in [0.25, 0.3) is 0 Å². The Labute approximate surface area is 259 Å². The highest BCUT2D eigenvalue weighted by Gasteiger charge is 2.19. The summed E-state index contributed by atoms with van der Waals surface area (Å²) in [5.74, 6) is 2.21. The summed E-state index contributed by atoms with van der Waals surface area (Å²) in [7, 11) is 0. The summed E-state index contributed by atoms with van der Waals surface area (Å²) in [4.78, 5) is 15.2. The van der Waals surface area contributed by atoms with Crippen LogP contribution in [0.5, 0.6) is 0 Å². The number of hydrogen-bond donors (Lipinski definition) is 0. The van der Waals surface area contributed by atoms with Gasteiger partial charge in [0, 0.05) is 27.8 Å². The molecule has 8 aromatic rings. The van der Waals surface area contributed by atoms with Crippen LogP contribution in [0.4, 0.5) is 0 Å². The fourth-order valence-corrected chi connectivity index (χ4v) is 6.53. The van der Waals surface area contributed by atoms with Crippen molar-refractivity contribution in [3.8, 4) is 33.9 Å². The van der Waals surface area contributed by atoms with Crippen molar-refractivity contribution in [3.63, 3.8) is 0 Å². The summed E-state index contributed by atoms with van der Waals surface area (Å²) in [6.07, 6.45) is 5.42. The lowest BCUT2D eigenvalue weighted by Crippen LogP contribution is -2.28. The van der Waals surface area contributed by atoms with Crippen LogP contribution in [0.3, 0.4) is 0 Å². The van der Waals surface area contributed by atoms with Crippen LogP contribution in [0.25, 0.3) is 78.8 Å². The second-order valence-corrected chi connectivity index (χ2v) is 11.6. The number of fused-ring (bicyclic) bond motifs is 5. The largest absolute Gasteiger partial charge is 0.456 e. The molecule has 9 rings (SSSR count). The summed E-state index contributed by atoms with van der Waals surface area (Å²) in [5, 5.41) is 7.08. The summed E-state index contributed by atoms with van der Waals surface area (Å²) < 4.78 is 6.15. The maximum atomic E-state index is 6.15. The third kappa shape index (κ3) is 4.50. The lowest BCUT2D eigenvalue weighted by molar-refractivity contribution is 0.669. The third-order valence-corrected chi connectivity index (χ3v) is 8.82. The zero-order valence-electron chi connectivity index (χ0n) is 24.4. The lowest BCUT2D eigenvalue weighted by Gasteiger charge is -2.15. The molecule has 1 aliphatic carbocycles. The Hall–Kier alpha value is -5.87. The Morgan fingerprint density at radius 2 is 1.22 bits per heavy atom. The average Bonchev–Trinajstić information content (AvgIpc) is 3.50. The topological polar surface area (TPSA) is 51.8 Å². The lowest BCUT2D eigenvalue weighted by atomic mass is 9.96. The van der Waals surface area contributed by atoms with E-state index in [0.717, 1.165) is 61.8 Å². The summed E-state index contributed by atoms with van der Waals surface area (Å²) >= 11 is 0. The van der Waals surface area contributed by atoms with E-state index in [0.29, 0.717) is 11.6 Å². The first-order valence-electron chi connectivity index (χ1n) is 15.3. The van der Waals surface area contributed by atoms with Crippen LogP contribution in [0.15, 0.2) is 138 Å². The van der Waals surface area contributed by atoms with Crippen LogP contribution in [-0.2, 0) is 0 Å². The van der Waals surface area contributed by atoms with E-state index < -0.39 is 0 Å². The van der Waals surface area contributed by atoms with Crippen molar-refractivity contribution in [3.05, 3.63) is 150 Å². The Kier molecular flexibility index (Phi) is 5.91. The molecular weight excluding hydrogens is 550 g/mol. The number of nitrogens with zero attached hydrogens (tertiary/aromatic N) is 3. The van der Waals surface area contributed by atoms with E-state index in [2.05, 4.69) is 127 Å². The molecule has 2 heterocycles. The molecule has 6 aromatic carbocycles. The van der Waals surface area contributed by atoms with Gasteiger partial charge in [-0.25, -0.2) is 15.0 Å². The van der Waals surface area contributed by atoms with E-state index in [-0.39, 0.29) is 5.92 Å². The molecule has 0 aliphatic heterocycles. The molecule has 45 heavy (non-hydrogen) atoms. The molecule has 0 bridgehead atoms. The van der Waals surface area contributed by atoms with Gasteiger partial charge in [-0.3, -0.25) is 0 Å². The van der Waals surface area contributed by atoms with Gasteiger partial charge in [0.1, 0.15) is 17.0 Å². The number of rotatable bonds is 4. The van der Waals surface area contributed by atoms with Crippen molar-refractivity contribution < 1.29 is 4.42 Å². The molecule has 0 spiro atoms. The van der Waals surface area contributed by atoms with Gasteiger partial charge >= 0.3 is 0 Å². The van der Waals surface area contributed by atoms with Gasteiger partial charge in [-0.05, 0) is 57.0 Å². The van der Waals surface area contributed by atoms with Gasteiger partial charge in [-0.15, -0.1) is 0 Å². The van der Waals surface area contributed by atoms with Crippen LogP contribution in [0.2, 0.25) is 0 Å². The van der Waals surface area contributed by atoms with Crippen molar-refractivity contribution >= 4 is 44.9 Å². The highest BCUT2D eigenvalue weighted by Crippen LogP contribution is 2.37. The highest BCUT2D eigenvalue weighted by atomic mass is 16.3. The fourth-order valence-electron chi connectivity index (χ4n) is 6.53. The predicted octanol–water partition coefficient (Wildman–Crippen LogP) is 8.67. The summed E-state index contributed by atoms with van der Waals surface area (Å²) in [6.45, 7) is 0. The minimum atomic E-state index is 0.0621. The molecule has 0 amide bonds. The van der Waals surface area contributed by atoms with Crippen molar-refractivity contribution in [1.29, 1.82) is 0 Å². The molecule has 0 fully saturated rings. The first-order valence-corrected chi connectivity index (χ1v) is 15.3. The number of aromatic nitrogens is 3. The molecule has 2 aromatic heterocycles. The normalized spacial score (nSPS) is 14.3. The summed E-state index contributed by atoms with van der Waals surface area (Å²) in [5.41, 5.74) is 5.98. The van der Waals surface area contributed by atoms with Crippen LogP contribution in [0.1, 0.15) is 18.2 Å². The van der Waals surface area contributed by atoms with Crippen molar-refractivity contribution in [1.82, 2.24) is 15.0 Å². The van der Waals surface area contributed by atoms with Gasteiger partial charge in [-0.2, -0.15) is 0 Å². The fraction of sp³-hybridized carbons (Fsp3) is 0.0488. The molecule has 212 valence electrons. The van der Waals surface area contributed by atoms with Crippen molar-refractivity contribution in [2.75, 3.05) is 0 Å². The molecule has 1 aliphatic rings. The zero-order valence-corrected chi connectivity index (χ0v) is 24.4. The number of benzene rings is 6. The van der Waals surface area contributed by atoms with E-state index in [1.165, 1.54) is 15.8 Å². The molecule has 1 unspecified atom stereocenters. The Morgan fingerprint density at radius 1 is 0.533 bits per heavy atom. The number of furan rings is 1. The van der Waals surface area contributed by atoms with Crippen LogP contribution in [-0.4, -0.2) is 15.0 Å². The second kappa shape index (κ2) is 10.4. The molecule has 0 saturated carbocycles. The predicted molar refractivity (Wildman–Crippen MR) is 183 cm³/mol. The first kappa shape index (κ1) is 25.6. The van der Waals surface area contributed by atoms with E-state index in [1.54, 1.807) is 0 Å². The van der Waals surface area contributed by atoms with E-state index in [1.807, 2.05) is 18.2 Å². The van der Waals surface area contributed by atoms with Crippen LogP contribution >= 0.6 is 0 Å². The van der Waals surface area contributed by atoms with Gasteiger partial charge in [0.05, 0.1) is 0 Å². The van der Waals surface area contributed by atoms with E-state index >= 15 is 0 Å². The quantitative estimate of drug-likeness (QED) is 0.210. The molecule has 0 saturated heterocycles. The average molecular weight is 578 g/mol. The van der Waals surface area contributed by atoms with E-state index in [9.17, 15) is 0 Å². The highest BCUT2D eigenvalue weighted by molar-refractivity contribution is 6.12. The second-order valence-electron chi connectivity index (χ2n) is 11.6. The van der Waals surface area contributed by atoms with Gasteiger partial charge < -0.3 is 4.42 Å². The molecule has 0 radical (unpaired) electrons. The Balaban J connectivity index is 1.17. The van der Waals surface area contributed by atoms with Crippen LogP contribution in [0, 0.1) is 0 Å². The minimum absolute atomic E-state index is 0.0621. The minimum Gasteiger partial charge on any atom is -0.456 e. The number of hydrogen-bond acceptors (Lipinski definition) is 4. The molecule has 4 heteroatoms. The Bertz CT molecular complexity index is 2530. The molecule has 4 nitrogen and oxygen atoms in total. The molecule has 1 atom stereocenters. The maximum absolute atomic E-state index is 6.15. The zero-order chi connectivity index (χ0) is 29.7. The number of para-hydroxylation sites is 1. The first-order chi connectivity index (χ1) is 22.3. The third-order valence-electron chi connectivity index (χ3n) is 8.82. The van der Waals surface area contributed by atoms with Gasteiger partial charge in [-0.1, -0.05) is 127 Å². The van der Waals surface area contributed by atoms with Gasteiger partial charge in [0.2, 0.25) is 0 Å². The Morgan fingerprint density at radius 3 is 2.11 bits per heavy atom. The summed E-state index contributed by atoms with van der Waals surface area (Å²) in [6, 6.07) is 46.3. The molecule has 0 N–H and O–H groups in total. The van der Waals surface area contributed by atoms with Crippen molar-refractivity contribution in [2.24, 2.45) is 0 Å². The van der Waals surface area contributed by atoms with Gasteiger partial charge in [0.15, 0.2) is 11.6 Å². The standard InChI is InChI=1S/C41H27N3O/c1-3-10-30-24-32(22-16-26(30)8-1)40-42-39(43-41(44-40)33-23-17-27-9-2-4-11-31(27)25-33)29-20-18-28(19-21-29)34-13-7-15-37-38(34)35-12-5-6-14-36(35)45-37/h1-22,24-25,33H,23H2.